The van der Waals surface area contributed by atoms with Crippen molar-refractivity contribution in [2.75, 3.05) is 7.11 Å². The molecule has 4 rings (SSSR count). The molecule has 0 radical (unpaired) electrons. The van der Waals surface area contributed by atoms with Gasteiger partial charge in [0, 0.05) is 17.2 Å². The van der Waals surface area contributed by atoms with E-state index < -0.39 is 6.43 Å². The summed E-state index contributed by atoms with van der Waals surface area (Å²) in [6, 6.07) is 17.2. The molecule has 2 atom stereocenters. The average Bonchev–Trinajstić information content (AvgIpc) is 3.72. The number of aromatic nitrogens is 1. The molecule has 1 aliphatic rings. The van der Waals surface area contributed by atoms with Crippen LogP contribution in [0.25, 0.3) is 0 Å². The van der Waals surface area contributed by atoms with Gasteiger partial charge in [-0.15, -0.1) is 11.8 Å². The first-order valence-electron chi connectivity index (χ1n) is 12.9. The van der Waals surface area contributed by atoms with Crippen LogP contribution in [0, 0.1) is 24.2 Å². The van der Waals surface area contributed by atoms with Gasteiger partial charge >= 0.3 is 0 Å². The number of benzene rings is 2. The van der Waals surface area contributed by atoms with Crippen LogP contribution in [-0.2, 0) is 16.0 Å². The van der Waals surface area contributed by atoms with Crippen molar-refractivity contribution in [2.45, 2.75) is 62.7 Å². The first-order chi connectivity index (χ1) is 19.0. The van der Waals surface area contributed by atoms with E-state index in [1.54, 1.807) is 32.4 Å². The first kappa shape index (κ1) is 29.2. The van der Waals surface area contributed by atoms with Gasteiger partial charge in [0.05, 0.1) is 18.9 Å². The molecule has 1 N–H and O–H groups in total. The minimum absolute atomic E-state index is 0.0858. The zero-order valence-corrected chi connectivity index (χ0v) is 24.0. The standard InChI is InChI=1S/C31H32F2N4O2S/c1-18-12-26(28(32)33)36-30(25(18)15-34)40-17-21-13-19(6-11-27(21)39-5)16-35-37-29(38)24-14-23(24)20-7-9-22(10-8-20)31(2,3)4/h6-13,16,23-24,28H,14,17H2,1-5H3,(H,37,38)/b35-16+/t23-,24+/m0/s1. The van der Waals surface area contributed by atoms with Crippen molar-refractivity contribution >= 4 is 23.9 Å². The van der Waals surface area contributed by atoms with Crippen LogP contribution in [0.4, 0.5) is 8.78 Å². The molecule has 1 amide bonds. The third-order valence-corrected chi connectivity index (χ3v) is 7.95. The molecule has 6 nitrogen and oxygen atoms in total. The quantitative estimate of drug-likeness (QED) is 0.172. The zero-order valence-electron chi connectivity index (χ0n) is 23.2. The Labute approximate surface area is 237 Å². The van der Waals surface area contributed by atoms with Crippen LogP contribution in [0.15, 0.2) is 58.7 Å². The Kier molecular flexibility index (Phi) is 8.89. The molecule has 0 aliphatic heterocycles. The highest BCUT2D eigenvalue weighted by atomic mass is 32.2. The Bertz CT molecular complexity index is 1460. The maximum atomic E-state index is 13.3. The summed E-state index contributed by atoms with van der Waals surface area (Å²) < 4.78 is 32.0. The van der Waals surface area contributed by atoms with Gasteiger partial charge in [-0.1, -0.05) is 45.0 Å². The molecule has 9 heteroatoms. The number of nitrogens with one attached hydrogen (secondary N) is 1. The fraction of sp³-hybridized carbons (Fsp3) is 0.355. The van der Waals surface area contributed by atoms with E-state index in [9.17, 15) is 18.8 Å². The Hall–Kier alpha value is -3.77. The maximum Gasteiger partial charge on any atom is 0.280 e. The van der Waals surface area contributed by atoms with Crippen molar-refractivity contribution in [3.05, 3.63) is 87.6 Å². The highest BCUT2D eigenvalue weighted by Crippen LogP contribution is 2.47. The van der Waals surface area contributed by atoms with Gasteiger partial charge in [-0.25, -0.2) is 19.2 Å². The molecule has 1 aliphatic carbocycles. The largest absolute Gasteiger partial charge is 0.496 e. The molecule has 1 aromatic heterocycles. The van der Waals surface area contributed by atoms with Gasteiger partial charge in [0.1, 0.15) is 22.5 Å². The van der Waals surface area contributed by atoms with Crippen molar-refractivity contribution in [1.29, 1.82) is 5.26 Å². The summed E-state index contributed by atoms with van der Waals surface area (Å²) in [5, 5.41) is 13.9. The number of hydrogen-bond donors (Lipinski definition) is 1. The van der Waals surface area contributed by atoms with Crippen molar-refractivity contribution in [2.24, 2.45) is 11.0 Å². The van der Waals surface area contributed by atoms with E-state index in [2.05, 4.69) is 66.6 Å². The van der Waals surface area contributed by atoms with Crippen molar-refractivity contribution in [1.82, 2.24) is 10.4 Å². The number of hydrogen-bond acceptors (Lipinski definition) is 6. The smallest absolute Gasteiger partial charge is 0.280 e. The molecule has 2 aromatic carbocycles. The molecular weight excluding hydrogens is 530 g/mol. The van der Waals surface area contributed by atoms with Crippen molar-refractivity contribution < 1.29 is 18.3 Å². The number of hydrazone groups is 1. The summed E-state index contributed by atoms with van der Waals surface area (Å²) >= 11 is 1.19. The summed E-state index contributed by atoms with van der Waals surface area (Å²) in [6.07, 6.45) is -0.373. The number of alkyl halides is 2. The van der Waals surface area contributed by atoms with Gasteiger partial charge in [0.15, 0.2) is 0 Å². The summed E-state index contributed by atoms with van der Waals surface area (Å²) in [6.45, 7) is 8.15. The molecule has 0 saturated heterocycles. The van der Waals surface area contributed by atoms with Crippen LogP contribution >= 0.6 is 11.8 Å². The molecule has 0 spiro atoms. The number of ether oxygens (including phenoxy) is 1. The van der Waals surface area contributed by atoms with Crippen molar-refractivity contribution in [3.63, 3.8) is 0 Å². The van der Waals surface area contributed by atoms with Gasteiger partial charge in [0.25, 0.3) is 6.43 Å². The second-order valence-electron chi connectivity index (χ2n) is 10.9. The number of pyridine rings is 1. The van der Waals surface area contributed by atoms with Crippen molar-refractivity contribution in [3.8, 4) is 11.8 Å². The first-order valence-corrected chi connectivity index (χ1v) is 13.9. The number of thioether (sulfide) groups is 1. The monoisotopic (exact) mass is 562 g/mol. The molecule has 208 valence electrons. The topological polar surface area (TPSA) is 87.4 Å². The number of rotatable bonds is 9. The maximum absolute atomic E-state index is 13.3. The number of halogens is 2. The molecular formula is C31H32F2N4O2S. The molecule has 1 heterocycles. The zero-order chi connectivity index (χ0) is 29.0. The number of aryl methyl sites for hydroxylation is 1. The van der Waals surface area contributed by atoms with Gasteiger partial charge in [-0.05, 0) is 71.2 Å². The van der Waals surface area contributed by atoms with Gasteiger partial charge in [-0.3, -0.25) is 4.79 Å². The average molecular weight is 563 g/mol. The molecule has 0 bridgehead atoms. The number of carbonyl (C=O) groups excluding carboxylic acids is 1. The molecule has 0 unspecified atom stereocenters. The van der Waals surface area contributed by atoms with Gasteiger partial charge < -0.3 is 4.74 Å². The van der Waals surface area contributed by atoms with E-state index >= 15 is 0 Å². The lowest BCUT2D eigenvalue weighted by Crippen LogP contribution is -2.20. The number of carbonyl (C=O) groups is 1. The van der Waals surface area contributed by atoms with E-state index in [1.165, 1.54) is 23.4 Å². The summed E-state index contributed by atoms with van der Waals surface area (Å²) in [4.78, 5) is 16.7. The Morgan fingerprint density at radius 3 is 2.60 bits per heavy atom. The lowest BCUT2D eigenvalue weighted by atomic mass is 9.86. The number of methoxy groups -OCH3 is 1. The lowest BCUT2D eigenvalue weighted by molar-refractivity contribution is -0.122. The Morgan fingerprint density at radius 2 is 1.98 bits per heavy atom. The SMILES string of the molecule is COc1ccc(/C=N/NC(=O)[C@@H]2C[C@H]2c2ccc(C(C)(C)C)cc2)cc1CSc1nc(C(F)F)cc(C)c1C#N. The normalized spacial score (nSPS) is 16.7. The van der Waals surface area contributed by atoms with Crippen LogP contribution in [0.5, 0.6) is 5.75 Å². The van der Waals surface area contributed by atoms with Crippen LogP contribution in [-0.4, -0.2) is 24.2 Å². The number of amides is 1. The molecule has 1 saturated carbocycles. The van der Waals surface area contributed by atoms with E-state index in [-0.39, 0.29) is 39.4 Å². The summed E-state index contributed by atoms with van der Waals surface area (Å²) in [5.74, 6) is 0.924. The second kappa shape index (κ2) is 12.2. The highest BCUT2D eigenvalue weighted by Gasteiger charge is 2.44. The number of nitrogens with zero attached hydrogens (tertiary/aromatic N) is 3. The van der Waals surface area contributed by atoms with E-state index in [1.807, 2.05) is 6.07 Å². The second-order valence-corrected chi connectivity index (χ2v) is 11.8. The molecule has 1 fully saturated rings. The van der Waals surface area contributed by atoms with Crippen LogP contribution in [0.1, 0.15) is 78.6 Å². The Morgan fingerprint density at radius 1 is 1.25 bits per heavy atom. The minimum atomic E-state index is -2.73. The van der Waals surface area contributed by atoms with Crippen LogP contribution < -0.4 is 10.2 Å². The fourth-order valence-corrected chi connectivity index (χ4v) is 5.53. The van der Waals surface area contributed by atoms with Gasteiger partial charge in [0.2, 0.25) is 5.91 Å². The predicted molar refractivity (Wildman–Crippen MR) is 153 cm³/mol. The van der Waals surface area contributed by atoms with Crippen LogP contribution in [0.2, 0.25) is 0 Å². The minimum Gasteiger partial charge on any atom is -0.496 e. The summed E-state index contributed by atoms with van der Waals surface area (Å²) in [5.41, 5.74) is 7.04. The predicted octanol–water partition coefficient (Wildman–Crippen LogP) is 7.05. The van der Waals surface area contributed by atoms with E-state index in [0.717, 1.165) is 23.1 Å². The fourth-order valence-electron chi connectivity index (χ4n) is 4.49. The highest BCUT2D eigenvalue weighted by molar-refractivity contribution is 7.98. The molecule has 40 heavy (non-hydrogen) atoms. The Balaban J connectivity index is 1.39. The van der Waals surface area contributed by atoms with Crippen LogP contribution in [0.3, 0.4) is 0 Å². The van der Waals surface area contributed by atoms with Gasteiger partial charge in [-0.2, -0.15) is 10.4 Å². The van der Waals surface area contributed by atoms with E-state index in [0.29, 0.717) is 17.1 Å². The van der Waals surface area contributed by atoms with E-state index in [4.69, 9.17) is 4.74 Å². The lowest BCUT2D eigenvalue weighted by Gasteiger charge is -2.19. The number of nitriles is 1. The third-order valence-electron chi connectivity index (χ3n) is 6.93. The molecule has 3 aromatic rings. The third kappa shape index (κ3) is 6.86. The summed E-state index contributed by atoms with van der Waals surface area (Å²) in [7, 11) is 1.54.